The van der Waals surface area contributed by atoms with Gasteiger partial charge in [0.2, 0.25) is 0 Å². The molecule has 0 aliphatic carbocycles. The molecule has 19 heavy (non-hydrogen) atoms. The van der Waals surface area contributed by atoms with Gasteiger partial charge in [0.1, 0.15) is 17.2 Å². The van der Waals surface area contributed by atoms with Crippen LogP contribution in [0.4, 0.5) is 8.78 Å². The van der Waals surface area contributed by atoms with E-state index in [-0.39, 0.29) is 10.5 Å². The minimum atomic E-state index is -0.836. The molecule has 1 fully saturated rings. The summed E-state index contributed by atoms with van der Waals surface area (Å²) in [6, 6.07) is 2.23. The summed E-state index contributed by atoms with van der Waals surface area (Å²) in [6.07, 6.45) is 1.59. The monoisotopic (exact) mass is 332 g/mol. The highest BCUT2D eigenvalue weighted by Crippen LogP contribution is 2.22. The number of rotatable bonds is 2. The lowest BCUT2D eigenvalue weighted by atomic mass is 10.0. The first-order chi connectivity index (χ1) is 9.00. The molecule has 0 aromatic heterocycles. The van der Waals surface area contributed by atoms with Crippen molar-refractivity contribution in [1.82, 2.24) is 10.2 Å². The van der Waals surface area contributed by atoms with Crippen molar-refractivity contribution < 1.29 is 13.6 Å². The predicted octanol–water partition coefficient (Wildman–Crippen LogP) is 2.55. The molecule has 3 nitrogen and oxygen atoms in total. The third-order valence-corrected chi connectivity index (χ3v) is 3.86. The minimum absolute atomic E-state index is 0.0243. The fourth-order valence-corrected chi connectivity index (χ4v) is 2.68. The second-order valence-corrected chi connectivity index (χ2v) is 5.56. The van der Waals surface area contributed by atoms with Crippen LogP contribution in [0.15, 0.2) is 16.6 Å². The molecule has 2 rings (SSSR count). The lowest BCUT2D eigenvalue weighted by molar-refractivity contribution is 0.0693. The number of hydrogen-bond acceptors (Lipinski definition) is 2. The molecule has 1 amide bonds. The Morgan fingerprint density at radius 1 is 1.32 bits per heavy atom. The van der Waals surface area contributed by atoms with E-state index in [0.717, 1.165) is 38.1 Å². The number of carbonyl (C=O) groups is 1. The molecule has 6 heteroatoms. The number of halogens is 3. The summed E-state index contributed by atoms with van der Waals surface area (Å²) >= 11 is 3.00. The molecular weight excluding hydrogens is 318 g/mol. The second kappa shape index (κ2) is 5.96. The Morgan fingerprint density at radius 2 is 1.84 bits per heavy atom. The quantitative estimate of drug-likeness (QED) is 0.902. The lowest BCUT2D eigenvalue weighted by Gasteiger charge is -2.31. The number of benzene rings is 1. The van der Waals surface area contributed by atoms with Gasteiger partial charge in [-0.1, -0.05) is 15.9 Å². The Balaban J connectivity index is 2.23. The van der Waals surface area contributed by atoms with Gasteiger partial charge in [-0.2, -0.15) is 0 Å². The fourth-order valence-electron chi connectivity index (χ4n) is 2.28. The zero-order valence-corrected chi connectivity index (χ0v) is 12.1. The number of amides is 1. The summed E-state index contributed by atoms with van der Waals surface area (Å²) in [6.45, 7) is 1.63. The van der Waals surface area contributed by atoms with E-state index >= 15 is 0 Å². The van der Waals surface area contributed by atoms with Gasteiger partial charge < -0.3 is 10.2 Å². The Morgan fingerprint density at radius 3 is 2.37 bits per heavy atom. The molecule has 1 aromatic carbocycles. The first-order valence-electron chi connectivity index (χ1n) is 6.13. The van der Waals surface area contributed by atoms with Gasteiger partial charge in [-0.3, -0.25) is 4.79 Å². The molecule has 1 heterocycles. The number of carbonyl (C=O) groups excluding carboxylic acids is 1. The standard InChI is InChI=1S/C13H15BrF2N2O/c1-18(9-2-4-17-5-3-9)13(19)12-10(15)6-8(14)7-11(12)16/h6-7,9,17H,2-5H2,1H3. The van der Waals surface area contributed by atoms with Crippen molar-refractivity contribution in [2.45, 2.75) is 18.9 Å². The van der Waals surface area contributed by atoms with Crippen LogP contribution in [0.5, 0.6) is 0 Å². The Hall–Kier alpha value is -1.01. The van der Waals surface area contributed by atoms with Gasteiger partial charge in [0.25, 0.3) is 5.91 Å². The molecular formula is C13H15BrF2N2O. The summed E-state index contributed by atoms with van der Waals surface area (Å²) in [5.41, 5.74) is -0.482. The minimum Gasteiger partial charge on any atom is -0.338 e. The van der Waals surface area contributed by atoms with Crippen molar-refractivity contribution in [3.05, 3.63) is 33.8 Å². The molecule has 1 N–H and O–H groups in total. The van der Waals surface area contributed by atoms with E-state index in [9.17, 15) is 13.6 Å². The van der Waals surface area contributed by atoms with Crippen molar-refractivity contribution in [3.8, 4) is 0 Å². The van der Waals surface area contributed by atoms with E-state index < -0.39 is 23.1 Å². The lowest BCUT2D eigenvalue weighted by Crippen LogP contribution is -2.44. The maximum absolute atomic E-state index is 13.8. The van der Waals surface area contributed by atoms with Crippen LogP contribution in [-0.4, -0.2) is 37.0 Å². The van der Waals surface area contributed by atoms with E-state index in [1.54, 1.807) is 7.05 Å². The molecule has 0 spiro atoms. The highest BCUT2D eigenvalue weighted by molar-refractivity contribution is 9.10. The average Bonchev–Trinajstić information content (AvgIpc) is 2.37. The number of nitrogens with zero attached hydrogens (tertiary/aromatic N) is 1. The molecule has 0 unspecified atom stereocenters. The molecule has 0 atom stereocenters. The molecule has 0 bridgehead atoms. The van der Waals surface area contributed by atoms with Crippen LogP contribution in [0.3, 0.4) is 0 Å². The zero-order valence-electron chi connectivity index (χ0n) is 10.5. The van der Waals surface area contributed by atoms with Gasteiger partial charge in [0.15, 0.2) is 0 Å². The first kappa shape index (κ1) is 14.4. The van der Waals surface area contributed by atoms with Crippen molar-refractivity contribution in [3.63, 3.8) is 0 Å². The maximum atomic E-state index is 13.8. The topological polar surface area (TPSA) is 32.3 Å². The zero-order chi connectivity index (χ0) is 14.0. The highest BCUT2D eigenvalue weighted by Gasteiger charge is 2.27. The molecule has 1 aliphatic heterocycles. The van der Waals surface area contributed by atoms with Crippen LogP contribution in [0.25, 0.3) is 0 Å². The van der Waals surface area contributed by atoms with Crippen LogP contribution in [0.1, 0.15) is 23.2 Å². The van der Waals surface area contributed by atoms with Gasteiger partial charge >= 0.3 is 0 Å². The third-order valence-electron chi connectivity index (χ3n) is 3.40. The van der Waals surface area contributed by atoms with Crippen molar-refractivity contribution in [2.75, 3.05) is 20.1 Å². The van der Waals surface area contributed by atoms with Crippen LogP contribution < -0.4 is 5.32 Å². The molecule has 0 radical (unpaired) electrons. The SMILES string of the molecule is CN(C(=O)c1c(F)cc(Br)cc1F)C1CCNCC1. The van der Waals surface area contributed by atoms with Gasteiger partial charge in [0.05, 0.1) is 0 Å². The van der Waals surface area contributed by atoms with Gasteiger partial charge in [-0.25, -0.2) is 8.78 Å². The number of hydrogen-bond donors (Lipinski definition) is 1. The summed E-state index contributed by atoms with van der Waals surface area (Å²) in [4.78, 5) is 13.6. The first-order valence-corrected chi connectivity index (χ1v) is 6.92. The summed E-state index contributed by atoms with van der Waals surface area (Å²) in [5, 5.41) is 3.19. The summed E-state index contributed by atoms with van der Waals surface area (Å²) < 4.78 is 27.8. The summed E-state index contributed by atoms with van der Waals surface area (Å²) in [5.74, 6) is -2.27. The number of piperidine rings is 1. The van der Waals surface area contributed by atoms with Gasteiger partial charge in [-0.05, 0) is 38.1 Å². The Labute approximate surface area is 119 Å². The number of nitrogens with one attached hydrogen (secondary N) is 1. The largest absolute Gasteiger partial charge is 0.338 e. The smallest absolute Gasteiger partial charge is 0.259 e. The van der Waals surface area contributed by atoms with Crippen LogP contribution in [0, 0.1) is 11.6 Å². The highest BCUT2D eigenvalue weighted by atomic mass is 79.9. The van der Waals surface area contributed by atoms with E-state index in [0.29, 0.717) is 0 Å². The van der Waals surface area contributed by atoms with Crippen LogP contribution in [0.2, 0.25) is 0 Å². The van der Waals surface area contributed by atoms with Gasteiger partial charge in [0, 0.05) is 17.6 Å². The van der Waals surface area contributed by atoms with Crippen molar-refractivity contribution >= 4 is 21.8 Å². The third kappa shape index (κ3) is 3.12. The van der Waals surface area contributed by atoms with E-state index in [2.05, 4.69) is 21.2 Å². The molecule has 104 valence electrons. The summed E-state index contributed by atoms with van der Waals surface area (Å²) in [7, 11) is 1.60. The second-order valence-electron chi connectivity index (χ2n) is 4.64. The Bertz CT molecular complexity index is 467. The van der Waals surface area contributed by atoms with E-state index in [4.69, 9.17) is 0 Å². The molecule has 1 saturated heterocycles. The normalized spacial score (nSPS) is 16.4. The molecule has 1 aromatic rings. The fraction of sp³-hybridized carbons (Fsp3) is 0.462. The van der Waals surface area contributed by atoms with Gasteiger partial charge in [-0.15, -0.1) is 0 Å². The van der Waals surface area contributed by atoms with Crippen LogP contribution >= 0.6 is 15.9 Å². The molecule has 1 aliphatic rings. The maximum Gasteiger partial charge on any atom is 0.259 e. The van der Waals surface area contributed by atoms with Crippen LogP contribution in [-0.2, 0) is 0 Å². The predicted molar refractivity (Wildman–Crippen MR) is 72.0 cm³/mol. The average molecular weight is 333 g/mol. The van der Waals surface area contributed by atoms with Crippen molar-refractivity contribution in [1.29, 1.82) is 0 Å². The molecule has 0 saturated carbocycles. The van der Waals surface area contributed by atoms with E-state index in [1.165, 1.54) is 4.90 Å². The van der Waals surface area contributed by atoms with E-state index in [1.807, 2.05) is 0 Å². The van der Waals surface area contributed by atoms with Crippen molar-refractivity contribution in [2.24, 2.45) is 0 Å². The Kier molecular flexibility index (Phi) is 4.52.